The first-order valence-electron chi connectivity index (χ1n) is 7.73. The molecule has 3 heteroatoms. The van der Waals surface area contributed by atoms with Crippen LogP contribution in [0.2, 0.25) is 0 Å². The number of fused-ring (bicyclic) bond motifs is 1. The smallest absolute Gasteiger partial charge is 0.126 e. The van der Waals surface area contributed by atoms with Gasteiger partial charge in [0.05, 0.1) is 13.2 Å². The van der Waals surface area contributed by atoms with E-state index in [4.69, 9.17) is 4.74 Å². The lowest BCUT2D eigenvalue weighted by Gasteiger charge is -2.16. The Balaban J connectivity index is 1.72. The molecule has 112 valence electrons. The predicted molar refractivity (Wildman–Crippen MR) is 85.6 cm³/mol. The van der Waals surface area contributed by atoms with E-state index in [2.05, 4.69) is 29.6 Å². The third kappa shape index (κ3) is 3.04. The van der Waals surface area contributed by atoms with Crippen LogP contribution in [0.4, 0.5) is 0 Å². The number of ether oxygens (including phenoxy) is 1. The molecule has 21 heavy (non-hydrogen) atoms. The lowest BCUT2D eigenvalue weighted by Crippen LogP contribution is -2.27. The molecule has 1 aliphatic carbocycles. The number of hydrogen-bond donors (Lipinski definition) is 2. The van der Waals surface area contributed by atoms with Crippen molar-refractivity contribution < 1.29 is 9.84 Å². The van der Waals surface area contributed by atoms with Gasteiger partial charge >= 0.3 is 0 Å². The number of nitrogens with one attached hydrogen (secondary N) is 1. The molecular formula is C18H23NO2. The molecule has 2 unspecified atom stereocenters. The number of aliphatic hydroxyl groups is 1. The van der Waals surface area contributed by atoms with Gasteiger partial charge in [0, 0.05) is 18.5 Å². The summed E-state index contributed by atoms with van der Waals surface area (Å²) in [5, 5.41) is 15.8. The minimum Gasteiger partial charge on any atom is -0.496 e. The quantitative estimate of drug-likeness (QED) is 0.887. The van der Waals surface area contributed by atoms with Crippen molar-refractivity contribution in [2.45, 2.75) is 31.9 Å². The van der Waals surface area contributed by atoms with Gasteiger partial charge in [0.1, 0.15) is 5.75 Å². The van der Waals surface area contributed by atoms with Crippen LogP contribution in [-0.2, 0) is 6.54 Å². The highest BCUT2D eigenvalue weighted by molar-refractivity contribution is 5.91. The average molecular weight is 285 g/mol. The summed E-state index contributed by atoms with van der Waals surface area (Å²) in [6.07, 6.45) is 3.12. The zero-order chi connectivity index (χ0) is 14.7. The van der Waals surface area contributed by atoms with Crippen LogP contribution in [0.25, 0.3) is 10.8 Å². The summed E-state index contributed by atoms with van der Waals surface area (Å²) >= 11 is 0. The summed E-state index contributed by atoms with van der Waals surface area (Å²) in [5.74, 6) is 1.33. The number of aliphatic hydroxyl groups excluding tert-OH is 1. The van der Waals surface area contributed by atoms with E-state index in [1.807, 2.05) is 12.1 Å². The molecule has 2 aromatic carbocycles. The van der Waals surface area contributed by atoms with Crippen molar-refractivity contribution in [1.82, 2.24) is 5.32 Å². The average Bonchev–Trinajstić information content (AvgIpc) is 2.93. The monoisotopic (exact) mass is 285 g/mol. The molecule has 2 aromatic rings. The van der Waals surface area contributed by atoms with Crippen LogP contribution in [0.1, 0.15) is 24.8 Å². The number of benzene rings is 2. The van der Waals surface area contributed by atoms with Crippen LogP contribution in [-0.4, -0.2) is 24.9 Å². The van der Waals surface area contributed by atoms with Crippen LogP contribution in [0, 0.1) is 5.92 Å². The van der Waals surface area contributed by atoms with Gasteiger partial charge < -0.3 is 15.2 Å². The van der Waals surface area contributed by atoms with Gasteiger partial charge in [-0.2, -0.15) is 0 Å². The SMILES string of the molecule is COc1ccc(CNCC2CCCC2O)c2ccccc12. The van der Waals surface area contributed by atoms with Crippen molar-refractivity contribution in [2.75, 3.05) is 13.7 Å². The van der Waals surface area contributed by atoms with Gasteiger partial charge in [0.2, 0.25) is 0 Å². The molecule has 3 rings (SSSR count). The minimum absolute atomic E-state index is 0.120. The summed E-state index contributed by atoms with van der Waals surface area (Å²) in [4.78, 5) is 0. The summed E-state index contributed by atoms with van der Waals surface area (Å²) in [7, 11) is 1.71. The minimum atomic E-state index is -0.120. The Morgan fingerprint density at radius 2 is 1.95 bits per heavy atom. The second kappa shape index (κ2) is 6.46. The molecule has 1 saturated carbocycles. The lowest BCUT2D eigenvalue weighted by atomic mass is 10.0. The van der Waals surface area contributed by atoms with Gasteiger partial charge in [0.25, 0.3) is 0 Å². The molecule has 0 saturated heterocycles. The van der Waals surface area contributed by atoms with Gasteiger partial charge in [-0.15, -0.1) is 0 Å². The topological polar surface area (TPSA) is 41.5 Å². The Morgan fingerprint density at radius 1 is 1.14 bits per heavy atom. The Kier molecular flexibility index (Phi) is 4.42. The van der Waals surface area contributed by atoms with Crippen molar-refractivity contribution in [3.05, 3.63) is 42.0 Å². The number of methoxy groups -OCH3 is 1. The molecule has 2 atom stereocenters. The first kappa shape index (κ1) is 14.4. The molecule has 0 aromatic heterocycles. The molecule has 3 nitrogen and oxygen atoms in total. The van der Waals surface area contributed by atoms with Gasteiger partial charge in [-0.1, -0.05) is 36.8 Å². The largest absolute Gasteiger partial charge is 0.496 e. The molecular weight excluding hydrogens is 262 g/mol. The first-order chi connectivity index (χ1) is 10.3. The zero-order valence-corrected chi connectivity index (χ0v) is 12.5. The van der Waals surface area contributed by atoms with E-state index in [1.165, 1.54) is 10.9 Å². The molecule has 0 heterocycles. The van der Waals surface area contributed by atoms with E-state index < -0.39 is 0 Å². The van der Waals surface area contributed by atoms with Crippen LogP contribution in [0.15, 0.2) is 36.4 Å². The molecule has 0 amide bonds. The third-order valence-electron chi connectivity index (χ3n) is 4.54. The first-order valence-corrected chi connectivity index (χ1v) is 7.73. The standard InChI is InChI=1S/C18H23NO2/c1-21-18-10-9-13(15-6-2-3-7-16(15)18)11-19-12-14-5-4-8-17(14)20/h2-3,6-7,9-10,14,17,19-20H,4-5,8,11-12H2,1H3. The molecule has 0 radical (unpaired) electrons. The normalized spacial score (nSPS) is 21.8. The van der Waals surface area contributed by atoms with E-state index in [1.54, 1.807) is 7.11 Å². The Morgan fingerprint density at radius 3 is 2.67 bits per heavy atom. The Labute approximate surface area is 125 Å². The molecule has 1 aliphatic rings. The fourth-order valence-electron chi connectivity index (χ4n) is 3.31. The molecule has 1 fully saturated rings. The van der Waals surface area contributed by atoms with Crippen LogP contribution in [0.3, 0.4) is 0 Å². The second-order valence-electron chi connectivity index (χ2n) is 5.86. The maximum absolute atomic E-state index is 9.87. The number of rotatable bonds is 5. The van der Waals surface area contributed by atoms with E-state index in [-0.39, 0.29) is 6.10 Å². The van der Waals surface area contributed by atoms with E-state index in [0.29, 0.717) is 5.92 Å². The van der Waals surface area contributed by atoms with Gasteiger partial charge in [-0.3, -0.25) is 0 Å². The maximum atomic E-state index is 9.87. The Bertz CT molecular complexity index is 611. The van der Waals surface area contributed by atoms with Crippen molar-refractivity contribution in [3.63, 3.8) is 0 Å². The molecule has 2 N–H and O–H groups in total. The van der Waals surface area contributed by atoms with Crippen LogP contribution in [0.5, 0.6) is 5.75 Å². The van der Waals surface area contributed by atoms with Gasteiger partial charge in [-0.05, 0) is 35.8 Å². The second-order valence-corrected chi connectivity index (χ2v) is 5.86. The van der Waals surface area contributed by atoms with Crippen LogP contribution >= 0.6 is 0 Å². The molecule has 0 bridgehead atoms. The van der Waals surface area contributed by atoms with Gasteiger partial charge in [-0.25, -0.2) is 0 Å². The third-order valence-corrected chi connectivity index (χ3v) is 4.54. The van der Waals surface area contributed by atoms with E-state index in [0.717, 1.165) is 43.5 Å². The highest BCUT2D eigenvalue weighted by atomic mass is 16.5. The summed E-state index contributed by atoms with van der Waals surface area (Å²) < 4.78 is 5.43. The molecule has 0 spiro atoms. The van der Waals surface area contributed by atoms with Crippen LogP contribution < -0.4 is 10.1 Å². The highest BCUT2D eigenvalue weighted by Gasteiger charge is 2.24. The summed E-state index contributed by atoms with van der Waals surface area (Å²) in [6, 6.07) is 12.5. The zero-order valence-electron chi connectivity index (χ0n) is 12.5. The van der Waals surface area contributed by atoms with Crippen molar-refractivity contribution in [3.8, 4) is 5.75 Å². The van der Waals surface area contributed by atoms with Crippen molar-refractivity contribution >= 4 is 10.8 Å². The van der Waals surface area contributed by atoms with Crippen molar-refractivity contribution in [2.24, 2.45) is 5.92 Å². The predicted octanol–water partition coefficient (Wildman–Crippen LogP) is 3.10. The summed E-state index contributed by atoms with van der Waals surface area (Å²) in [5.41, 5.74) is 1.28. The maximum Gasteiger partial charge on any atom is 0.126 e. The van der Waals surface area contributed by atoms with Gasteiger partial charge in [0.15, 0.2) is 0 Å². The van der Waals surface area contributed by atoms with E-state index >= 15 is 0 Å². The molecule has 0 aliphatic heterocycles. The highest BCUT2D eigenvalue weighted by Crippen LogP contribution is 2.28. The summed E-state index contributed by atoms with van der Waals surface area (Å²) in [6.45, 7) is 1.72. The van der Waals surface area contributed by atoms with E-state index in [9.17, 15) is 5.11 Å². The fourth-order valence-corrected chi connectivity index (χ4v) is 3.31. The number of hydrogen-bond acceptors (Lipinski definition) is 3. The van der Waals surface area contributed by atoms with Crippen molar-refractivity contribution in [1.29, 1.82) is 0 Å². The fraction of sp³-hybridized carbons (Fsp3) is 0.444. The lowest BCUT2D eigenvalue weighted by molar-refractivity contribution is 0.131. The Hall–Kier alpha value is -1.58.